The molecule has 1 fully saturated rings. The standard InChI is InChI=1S/C15H20N2O3/c1-4-20-14(18)12-5-7-13(8-6-12)17-10-9-16(11(2)3)15(17)19/h5-8,11H,4,9-10H2,1-3H3. The van der Waals surface area contributed by atoms with Gasteiger partial charge >= 0.3 is 12.0 Å². The molecule has 0 aromatic heterocycles. The van der Waals surface area contributed by atoms with Crippen LogP contribution in [0.2, 0.25) is 0 Å². The van der Waals surface area contributed by atoms with E-state index in [0.717, 1.165) is 12.2 Å². The second-order valence-electron chi connectivity index (χ2n) is 4.99. The maximum Gasteiger partial charge on any atom is 0.338 e. The monoisotopic (exact) mass is 276 g/mol. The van der Waals surface area contributed by atoms with Gasteiger partial charge in [0.1, 0.15) is 0 Å². The number of hydrogen-bond donors (Lipinski definition) is 0. The number of carbonyl (C=O) groups excluding carboxylic acids is 2. The van der Waals surface area contributed by atoms with Gasteiger partial charge < -0.3 is 9.64 Å². The molecule has 1 aliphatic rings. The van der Waals surface area contributed by atoms with Crippen LogP contribution >= 0.6 is 0 Å². The van der Waals surface area contributed by atoms with Crippen molar-refractivity contribution >= 4 is 17.7 Å². The lowest BCUT2D eigenvalue weighted by Gasteiger charge is -2.21. The summed E-state index contributed by atoms with van der Waals surface area (Å²) in [6, 6.07) is 7.18. The molecule has 0 spiro atoms. The first-order valence-corrected chi connectivity index (χ1v) is 6.90. The van der Waals surface area contributed by atoms with Gasteiger partial charge in [0.05, 0.1) is 12.2 Å². The molecule has 0 N–H and O–H groups in total. The molecule has 1 saturated heterocycles. The molecule has 2 rings (SSSR count). The molecule has 0 atom stereocenters. The zero-order valence-corrected chi connectivity index (χ0v) is 12.1. The predicted molar refractivity (Wildman–Crippen MR) is 77.0 cm³/mol. The third-order valence-corrected chi connectivity index (χ3v) is 3.35. The maximum atomic E-state index is 12.2. The summed E-state index contributed by atoms with van der Waals surface area (Å²) in [6.45, 7) is 7.55. The second kappa shape index (κ2) is 5.94. The Kier molecular flexibility index (Phi) is 4.27. The van der Waals surface area contributed by atoms with Crippen molar-refractivity contribution in [3.8, 4) is 0 Å². The van der Waals surface area contributed by atoms with Crippen LogP contribution in [0.25, 0.3) is 0 Å². The minimum Gasteiger partial charge on any atom is -0.462 e. The Morgan fingerprint density at radius 2 is 1.90 bits per heavy atom. The summed E-state index contributed by atoms with van der Waals surface area (Å²) in [6.07, 6.45) is 0. The topological polar surface area (TPSA) is 49.9 Å². The van der Waals surface area contributed by atoms with Crippen LogP contribution in [0.4, 0.5) is 10.5 Å². The predicted octanol–water partition coefficient (Wildman–Crippen LogP) is 2.51. The number of rotatable bonds is 4. The van der Waals surface area contributed by atoms with E-state index in [2.05, 4.69) is 0 Å². The number of benzene rings is 1. The molecule has 20 heavy (non-hydrogen) atoms. The molecule has 108 valence electrons. The van der Waals surface area contributed by atoms with Crippen LogP contribution < -0.4 is 4.90 Å². The van der Waals surface area contributed by atoms with Gasteiger partial charge in [0.15, 0.2) is 0 Å². The zero-order valence-electron chi connectivity index (χ0n) is 12.1. The summed E-state index contributed by atoms with van der Waals surface area (Å²) in [7, 11) is 0. The van der Waals surface area contributed by atoms with Crippen LogP contribution in [0.15, 0.2) is 24.3 Å². The SMILES string of the molecule is CCOC(=O)c1ccc(N2CCN(C(C)C)C2=O)cc1. The van der Waals surface area contributed by atoms with Crippen molar-refractivity contribution in [3.05, 3.63) is 29.8 Å². The van der Waals surface area contributed by atoms with Gasteiger partial charge in [-0.15, -0.1) is 0 Å². The fourth-order valence-electron chi connectivity index (χ4n) is 2.26. The molecule has 1 aromatic rings. The molecule has 1 aliphatic heterocycles. The zero-order chi connectivity index (χ0) is 14.7. The number of nitrogens with zero attached hydrogens (tertiary/aromatic N) is 2. The Morgan fingerprint density at radius 1 is 1.25 bits per heavy atom. The first-order valence-electron chi connectivity index (χ1n) is 6.90. The molecule has 0 unspecified atom stereocenters. The molecule has 0 radical (unpaired) electrons. The number of anilines is 1. The number of ether oxygens (including phenoxy) is 1. The van der Waals surface area contributed by atoms with Crippen molar-refractivity contribution in [2.45, 2.75) is 26.8 Å². The van der Waals surface area contributed by atoms with E-state index >= 15 is 0 Å². The van der Waals surface area contributed by atoms with Crippen molar-refractivity contribution in [1.82, 2.24) is 4.90 Å². The molecule has 0 aliphatic carbocycles. The summed E-state index contributed by atoms with van der Waals surface area (Å²) >= 11 is 0. The Labute approximate surface area is 119 Å². The first-order chi connectivity index (χ1) is 9.54. The molecule has 1 heterocycles. The van der Waals surface area contributed by atoms with Gasteiger partial charge in [0.2, 0.25) is 0 Å². The van der Waals surface area contributed by atoms with Crippen LogP contribution in [0, 0.1) is 0 Å². The van der Waals surface area contributed by atoms with E-state index in [1.54, 1.807) is 36.1 Å². The van der Waals surface area contributed by atoms with Crippen molar-refractivity contribution in [2.75, 3.05) is 24.6 Å². The Balaban J connectivity index is 2.11. The molecule has 0 bridgehead atoms. The lowest BCUT2D eigenvalue weighted by Crippen LogP contribution is -2.36. The van der Waals surface area contributed by atoms with E-state index in [9.17, 15) is 9.59 Å². The lowest BCUT2D eigenvalue weighted by atomic mass is 10.2. The summed E-state index contributed by atoms with van der Waals surface area (Å²) in [5.74, 6) is -0.337. The number of hydrogen-bond acceptors (Lipinski definition) is 3. The van der Waals surface area contributed by atoms with Crippen molar-refractivity contribution in [1.29, 1.82) is 0 Å². The molecule has 2 amide bonds. The van der Waals surface area contributed by atoms with Gasteiger partial charge in [-0.2, -0.15) is 0 Å². The van der Waals surface area contributed by atoms with E-state index in [-0.39, 0.29) is 18.0 Å². The van der Waals surface area contributed by atoms with Crippen molar-refractivity contribution in [3.63, 3.8) is 0 Å². The summed E-state index contributed by atoms with van der Waals surface area (Å²) in [5, 5.41) is 0. The highest BCUT2D eigenvalue weighted by atomic mass is 16.5. The highest BCUT2D eigenvalue weighted by Crippen LogP contribution is 2.22. The van der Waals surface area contributed by atoms with Gasteiger partial charge in [-0.1, -0.05) is 0 Å². The molecular weight excluding hydrogens is 256 g/mol. The number of esters is 1. The van der Waals surface area contributed by atoms with Gasteiger partial charge in [-0.3, -0.25) is 4.90 Å². The number of carbonyl (C=O) groups is 2. The van der Waals surface area contributed by atoms with Crippen LogP contribution in [-0.2, 0) is 4.74 Å². The molecule has 1 aromatic carbocycles. The fourth-order valence-corrected chi connectivity index (χ4v) is 2.26. The first kappa shape index (κ1) is 14.4. The Bertz CT molecular complexity index is 496. The van der Waals surface area contributed by atoms with Crippen LogP contribution in [0.1, 0.15) is 31.1 Å². The average molecular weight is 276 g/mol. The molecule has 5 heteroatoms. The summed E-state index contributed by atoms with van der Waals surface area (Å²) in [5.41, 5.74) is 1.31. The highest BCUT2D eigenvalue weighted by Gasteiger charge is 2.30. The quantitative estimate of drug-likeness (QED) is 0.794. The Morgan fingerprint density at radius 3 is 2.40 bits per heavy atom. The molecular formula is C15H20N2O3. The van der Waals surface area contributed by atoms with Gasteiger partial charge in [0, 0.05) is 24.8 Å². The van der Waals surface area contributed by atoms with Crippen LogP contribution in [0.3, 0.4) is 0 Å². The van der Waals surface area contributed by atoms with E-state index in [4.69, 9.17) is 4.74 Å². The number of amides is 2. The molecule has 5 nitrogen and oxygen atoms in total. The lowest BCUT2D eigenvalue weighted by molar-refractivity contribution is 0.0526. The van der Waals surface area contributed by atoms with Crippen LogP contribution in [0.5, 0.6) is 0 Å². The minimum atomic E-state index is -0.337. The average Bonchev–Trinajstić information content (AvgIpc) is 2.81. The fraction of sp³-hybridized carbons (Fsp3) is 0.467. The normalized spacial score (nSPS) is 15.1. The van der Waals surface area contributed by atoms with Crippen molar-refractivity contribution in [2.24, 2.45) is 0 Å². The highest BCUT2D eigenvalue weighted by molar-refractivity contribution is 5.95. The van der Waals surface area contributed by atoms with Crippen LogP contribution in [-0.4, -0.2) is 42.6 Å². The van der Waals surface area contributed by atoms with E-state index in [1.165, 1.54) is 0 Å². The van der Waals surface area contributed by atoms with Gasteiger partial charge in [0.25, 0.3) is 0 Å². The molecule has 0 saturated carbocycles. The minimum absolute atomic E-state index is 0.0175. The van der Waals surface area contributed by atoms with Gasteiger partial charge in [-0.25, -0.2) is 9.59 Å². The summed E-state index contributed by atoms with van der Waals surface area (Å²) in [4.78, 5) is 27.4. The second-order valence-corrected chi connectivity index (χ2v) is 4.99. The third kappa shape index (κ3) is 2.76. The number of urea groups is 1. The largest absolute Gasteiger partial charge is 0.462 e. The third-order valence-electron chi connectivity index (χ3n) is 3.35. The van der Waals surface area contributed by atoms with Crippen molar-refractivity contribution < 1.29 is 14.3 Å². The maximum absolute atomic E-state index is 12.2. The van der Waals surface area contributed by atoms with E-state index in [0.29, 0.717) is 18.7 Å². The van der Waals surface area contributed by atoms with Gasteiger partial charge in [-0.05, 0) is 45.0 Å². The smallest absolute Gasteiger partial charge is 0.338 e. The Hall–Kier alpha value is -2.04. The van der Waals surface area contributed by atoms with E-state index in [1.807, 2.05) is 18.7 Å². The van der Waals surface area contributed by atoms with E-state index < -0.39 is 0 Å². The summed E-state index contributed by atoms with van der Waals surface area (Å²) < 4.78 is 4.94.